The number of amides is 2. The number of hydrogen-bond acceptors (Lipinski definition) is 4. The Balaban J connectivity index is 1.74. The number of benzene rings is 3. The summed E-state index contributed by atoms with van der Waals surface area (Å²) in [5.41, 5.74) is 1.84. The van der Waals surface area contributed by atoms with Crippen LogP contribution >= 0.6 is 0 Å². The number of carbonyl (C=O) groups is 2. The monoisotopic (exact) mass is 442 g/mol. The van der Waals surface area contributed by atoms with Crippen molar-refractivity contribution >= 4 is 29.3 Å². The molecule has 2 amide bonds. The summed E-state index contributed by atoms with van der Waals surface area (Å²) >= 11 is 0. The van der Waals surface area contributed by atoms with E-state index in [0.717, 1.165) is 11.1 Å². The maximum atomic E-state index is 13.8. The minimum absolute atomic E-state index is 0.0795. The van der Waals surface area contributed by atoms with Crippen molar-refractivity contribution in [2.24, 2.45) is 0 Å². The molecule has 33 heavy (non-hydrogen) atoms. The van der Waals surface area contributed by atoms with Crippen molar-refractivity contribution in [1.29, 1.82) is 0 Å². The van der Waals surface area contributed by atoms with Crippen molar-refractivity contribution in [3.05, 3.63) is 90.0 Å². The maximum Gasteiger partial charge on any atom is 0.255 e. The quantitative estimate of drug-likeness (QED) is 0.528. The summed E-state index contributed by atoms with van der Waals surface area (Å²) in [6.45, 7) is 1.89. The molecular weight excluding hydrogens is 416 g/mol. The highest BCUT2D eigenvalue weighted by Crippen LogP contribution is 2.44. The van der Waals surface area contributed by atoms with Crippen LogP contribution in [0.2, 0.25) is 0 Å². The summed E-state index contributed by atoms with van der Waals surface area (Å²) in [5, 5.41) is 2.99. The molecule has 1 saturated heterocycles. The zero-order chi connectivity index (χ0) is 23.4. The van der Waals surface area contributed by atoms with Crippen LogP contribution in [0, 0.1) is 0 Å². The van der Waals surface area contributed by atoms with Gasteiger partial charge < -0.3 is 14.8 Å². The number of carbonyl (C=O) groups excluding carboxylic acids is 2. The number of nitrogens with one attached hydrogen (secondary N) is 1. The molecule has 168 valence electrons. The van der Waals surface area contributed by atoms with Crippen LogP contribution in [0.15, 0.2) is 84.4 Å². The third-order valence-electron chi connectivity index (χ3n) is 5.93. The summed E-state index contributed by atoms with van der Waals surface area (Å²) in [7, 11) is 3.18. The van der Waals surface area contributed by atoms with E-state index < -0.39 is 5.54 Å². The van der Waals surface area contributed by atoms with Crippen LogP contribution in [0.3, 0.4) is 0 Å². The summed E-state index contributed by atoms with van der Waals surface area (Å²) in [4.78, 5) is 28.2. The van der Waals surface area contributed by atoms with Crippen molar-refractivity contribution in [3.8, 4) is 11.5 Å². The minimum atomic E-state index is -1.15. The van der Waals surface area contributed by atoms with Gasteiger partial charge in [-0.1, -0.05) is 36.4 Å². The van der Waals surface area contributed by atoms with Crippen molar-refractivity contribution < 1.29 is 19.1 Å². The molecule has 1 fully saturated rings. The molecule has 3 aromatic carbocycles. The van der Waals surface area contributed by atoms with E-state index in [1.807, 2.05) is 43.3 Å². The molecule has 1 N–H and O–H groups in total. The Bertz CT molecular complexity index is 1170. The fourth-order valence-corrected chi connectivity index (χ4v) is 4.10. The zero-order valence-electron chi connectivity index (χ0n) is 18.9. The minimum Gasteiger partial charge on any atom is -0.497 e. The Morgan fingerprint density at radius 1 is 0.909 bits per heavy atom. The van der Waals surface area contributed by atoms with Gasteiger partial charge in [-0.05, 0) is 66.6 Å². The Hall–Kier alpha value is -4.06. The lowest BCUT2D eigenvalue weighted by atomic mass is 9.75. The van der Waals surface area contributed by atoms with E-state index in [9.17, 15) is 9.59 Å². The lowest BCUT2D eigenvalue weighted by molar-refractivity contribution is -0.135. The normalized spacial score (nSPS) is 17.8. The third-order valence-corrected chi connectivity index (χ3v) is 5.93. The number of β-lactam (4-membered cyclic amide) rings is 1. The Kier molecular flexibility index (Phi) is 6.18. The van der Waals surface area contributed by atoms with Gasteiger partial charge in [-0.15, -0.1) is 0 Å². The number of anilines is 2. The van der Waals surface area contributed by atoms with Gasteiger partial charge in [0.2, 0.25) is 5.91 Å². The number of ether oxygens (including phenoxy) is 2. The summed E-state index contributed by atoms with van der Waals surface area (Å²) in [5.74, 6) is 0.983. The van der Waals surface area contributed by atoms with Crippen LogP contribution in [0.5, 0.6) is 11.5 Å². The van der Waals surface area contributed by atoms with Gasteiger partial charge >= 0.3 is 0 Å². The second-order valence-corrected chi connectivity index (χ2v) is 7.88. The Morgan fingerprint density at radius 3 is 2.03 bits per heavy atom. The number of rotatable bonds is 7. The van der Waals surface area contributed by atoms with Crippen LogP contribution in [-0.4, -0.2) is 31.6 Å². The second kappa shape index (κ2) is 9.20. The average molecular weight is 443 g/mol. The second-order valence-electron chi connectivity index (χ2n) is 7.88. The molecule has 6 nitrogen and oxygen atoms in total. The van der Waals surface area contributed by atoms with Crippen molar-refractivity contribution in [2.45, 2.75) is 18.9 Å². The van der Waals surface area contributed by atoms with Gasteiger partial charge in [-0.3, -0.25) is 14.5 Å². The first-order valence-corrected chi connectivity index (χ1v) is 10.6. The smallest absolute Gasteiger partial charge is 0.255 e. The Labute approximate surface area is 193 Å². The fraction of sp³-hybridized carbons (Fsp3) is 0.185. The molecule has 1 aliphatic heterocycles. The summed E-state index contributed by atoms with van der Waals surface area (Å²) < 4.78 is 10.4. The van der Waals surface area contributed by atoms with Crippen LogP contribution in [-0.2, 0) is 9.59 Å². The van der Waals surface area contributed by atoms with Crippen LogP contribution in [0.4, 0.5) is 11.4 Å². The lowest BCUT2D eigenvalue weighted by Gasteiger charge is -2.51. The first-order valence-electron chi connectivity index (χ1n) is 10.6. The number of nitrogens with zero attached hydrogens (tertiary/aromatic N) is 1. The van der Waals surface area contributed by atoms with E-state index in [1.54, 1.807) is 67.7 Å². The first-order chi connectivity index (χ1) is 16.0. The van der Waals surface area contributed by atoms with E-state index in [4.69, 9.17) is 9.47 Å². The molecule has 1 atom stereocenters. The molecule has 1 aliphatic rings. The van der Waals surface area contributed by atoms with Gasteiger partial charge in [0, 0.05) is 11.4 Å². The van der Waals surface area contributed by atoms with Gasteiger partial charge in [0.15, 0.2) is 5.54 Å². The molecule has 6 heteroatoms. The van der Waals surface area contributed by atoms with Gasteiger partial charge in [-0.2, -0.15) is 0 Å². The topological polar surface area (TPSA) is 67.9 Å². The maximum absolute atomic E-state index is 13.8. The highest BCUT2D eigenvalue weighted by molar-refractivity contribution is 6.19. The van der Waals surface area contributed by atoms with E-state index >= 15 is 0 Å². The number of methoxy groups -OCH3 is 2. The molecule has 0 aromatic heterocycles. The van der Waals surface area contributed by atoms with Gasteiger partial charge in [0.05, 0.1) is 20.6 Å². The van der Waals surface area contributed by atoms with E-state index in [1.165, 1.54) is 0 Å². The van der Waals surface area contributed by atoms with E-state index in [-0.39, 0.29) is 18.2 Å². The van der Waals surface area contributed by atoms with Crippen LogP contribution in [0.25, 0.3) is 6.08 Å². The third kappa shape index (κ3) is 4.20. The predicted octanol–water partition coefficient (Wildman–Crippen LogP) is 4.92. The van der Waals surface area contributed by atoms with Crippen molar-refractivity contribution in [1.82, 2.24) is 0 Å². The van der Waals surface area contributed by atoms with Gasteiger partial charge in [0.1, 0.15) is 11.5 Å². The average Bonchev–Trinajstić information content (AvgIpc) is 2.83. The van der Waals surface area contributed by atoms with Gasteiger partial charge in [0.25, 0.3) is 5.91 Å². The largest absolute Gasteiger partial charge is 0.497 e. The molecular formula is C27H26N2O4. The molecule has 1 heterocycles. The molecule has 4 rings (SSSR count). The molecule has 1 unspecified atom stereocenters. The molecule has 3 aromatic rings. The molecule has 0 saturated carbocycles. The summed E-state index contributed by atoms with van der Waals surface area (Å²) in [6, 6.07) is 24.0. The highest BCUT2D eigenvalue weighted by Gasteiger charge is 2.58. The van der Waals surface area contributed by atoms with Crippen molar-refractivity contribution in [2.75, 3.05) is 24.4 Å². The first kappa shape index (κ1) is 22.1. The van der Waals surface area contributed by atoms with Gasteiger partial charge in [-0.25, -0.2) is 0 Å². The molecule has 0 aliphatic carbocycles. The number of hydrogen-bond donors (Lipinski definition) is 1. The van der Waals surface area contributed by atoms with E-state index in [2.05, 4.69) is 5.32 Å². The highest BCUT2D eigenvalue weighted by atomic mass is 16.5. The van der Waals surface area contributed by atoms with E-state index in [0.29, 0.717) is 22.9 Å². The lowest BCUT2D eigenvalue weighted by Crippen LogP contribution is -2.70. The predicted molar refractivity (Wildman–Crippen MR) is 130 cm³/mol. The zero-order valence-corrected chi connectivity index (χ0v) is 18.9. The summed E-state index contributed by atoms with van der Waals surface area (Å²) in [6.07, 6.45) is 2.03. The fourth-order valence-electron chi connectivity index (χ4n) is 4.10. The Morgan fingerprint density at radius 2 is 1.48 bits per heavy atom. The van der Waals surface area contributed by atoms with Crippen LogP contribution < -0.4 is 19.7 Å². The van der Waals surface area contributed by atoms with Crippen LogP contribution in [0.1, 0.15) is 18.9 Å². The molecule has 0 radical (unpaired) electrons. The standard InChI is InChI=1S/C27H26N2O4/c1-19(17-20-7-5-4-6-8-20)27(26(31)28-21-9-13-23(32-2)14-10-21)18-25(30)29(27)22-11-15-24(33-3)16-12-22/h4-17H,18H2,1-3H3,(H,28,31). The van der Waals surface area contributed by atoms with Crippen molar-refractivity contribution in [3.63, 3.8) is 0 Å². The SMILES string of the molecule is COc1ccc(NC(=O)C2(C(C)=Cc3ccccc3)CC(=O)N2c2ccc(OC)cc2)cc1. The molecule has 0 spiro atoms. The molecule has 0 bridgehead atoms.